The van der Waals surface area contributed by atoms with Crippen LogP contribution in [0.15, 0.2) is 72.8 Å². The van der Waals surface area contributed by atoms with Crippen LogP contribution in [0.1, 0.15) is 5.56 Å². The van der Waals surface area contributed by atoms with Crippen LogP contribution in [-0.2, 0) is 4.79 Å². The van der Waals surface area contributed by atoms with Crippen molar-refractivity contribution in [2.45, 2.75) is 0 Å². The lowest BCUT2D eigenvalue weighted by atomic mass is 10.0. The molecule has 0 heterocycles. The third kappa shape index (κ3) is 4.21. The average Bonchev–Trinajstić information content (AvgIpc) is 2.68. The number of ether oxygens (including phenoxy) is 1. The summed E-state index contributed by atoms with van der Waals surface area (Å²) in [6, 6.07) is 24.0. The van der Waals surface area contributed by atoms with Gasteiger partial charge in [0.05, 0.1) is 16.7 Å². The quantitative estimate of drug-likeness (QED) is 0.702. The molecule has 0 bridgehead atoms. The molecule has 1 N–H and O–H groups in total. The lowest BCUT2D eigenvalue weighted by Crippen LogP contribution is -2.20. The predicted molar refractivity (Wildman–Crippen MR) is 102 cm³/mol. The number of carbonyl (C=O) groups excluding carboxylic acids is 1. The van der Waals surface area contributed by atoms with Gasteiger partial charge in [0.25, 0.3) is 5.91 Å². The summed E-state index contributed by atoms with van der Waals surface area (Å²) in [6.45, 7) is -0.186. The molecule has 0 unspecified atom stereocenters. The monoisotopic (exact) mass is 362 g/mol. The minimum atomic E-state index is -0.297. The van der Waals surface area contributed by atoms with Gasteiger partial charge in [-0.3, -0.25) is 4.79 Å². The van der Waals surface area contributed by atoms with E-state index in [4.69, 9.17) is 21.6 Å². The Morgan fingerprint density at radius 3 is 2.50 bits per heavy atom. The summed E-state index contributed by atoms with van der Waals surface area (Å²) < 4.78 is 5.46. The third-order valence-electron chi connectivity index (χ3n) is 3.71. The smallest absolute Gasteiger partial charge is 0.262 e. The van der Waals surface area contributed by atoms with Crippen molar-refractivity contribution in [1.29, 1.82) is 5.26 Å². The van der Waals surface area contributed by atoms with Gasteiger partial charge in [-0.2, -0.15) is 5.26 Å². The highest BCUT2D eigenvalue weighted by molar-refractivity contribution is 6.32. The number of amides is 1. The fourth-order valence-electron chi connectivity index (χ4n) is 2.48. The summed E-state index contributed by atoms with van der Waals surface area (Å²) >= 11 is 6.05. The van der Waals surface area contributed by atoms with Gasteiger partial charge in [0.2, 0.25) is 0 Å². The van der Waals surface area contributed by atoms with Crippen LogP contribution in [0.5, 0.6) is 5.75 Å². The van der Waals surface area contributed by atoms with Crippen LogP contribution < -0.4 is 10.1 Å². The van der Waals surface area contributed by atoms with Gasteiger partial charge in [-0.05, 0) is 29.8 Å². The van der Waals surface area contributed by atoms with Gasteiger partial charge in [-0.15, -0.1) is 0 Å². The maximum Gasteiger partial charge on any atom is 0.262 e. The summed E-state index contributed by atoms with van der Waals surface area (Å²) in [5.74, 6) is 0.0611. The van der Waals surface area contributed by atoms with Gasteiger partial charge in [0.15, 0.2) is 6.61 Å². The zero-order chi connectivity index (χ0) is 18.4. The molecule has 5 heteroatoms. The number of hydrogen-bond donors (Lipinski definition) is 1. The molecule has 0 aliphatic rings. The van der Waals surface area contributed by atoms with E-state index in [-0.39, 0.29) is 12.5 Å². The molecule has 0 atom stereocenters. The van der Waals surface area contributed by atoms with E-state index in [0.717, 1.165) is 11.1 Å². The summed E-state index contributed by atoms with van der Waals surface area (Å²) in [5, 5.41) is 12.0. The second-order valence-corrected chi connectivity index (χ2v) is 5.91. The Labute approximate surface area is 156 Å². The number of nitrogens with one attached hydrogen (secondary N) is 1. The van der Waals surface area contributed by atoms with E-state index < -0.39 is 0 Å². The zero-order valence-electron chi connectivity index (χ0n) is 13.8. The summed E-state index contributed by atoms with van der Waals surface area (Å²) in [7, 11) is 0. The minimum absolute atomic E-state index is 0.186. The Bertz CT molecular complexity index is 965. The Morgan fingerprint density at radius 1 is 1.04 bits per heavy atom. The molecular weight excluding hydrogens is 348 g/mol. The van der Waals surface area contributed by atoms with Crippen molar-refractivity contribution in [2.75, 3.05) is 11.9 Å². The standard InChI is InChI=1S/C21H15ClN2O2/c22-18-12-15(13-23)10-11-20(18)26-14-21(25)24-19-9-5-4-8-17(19)16-6-2-1-3-7-16/h1-12H,14H2,(H,24,25). The molecule has 0 aliphatic heterocycles. The average molecular weight is 363 g/mol. The largest absolute Gasteiger partial charge is 0.482 e. The highest BCUT2D eigenvalue weighted by Gasteiger charge is 2.10. The first-order valence-corrected chi connectivity index (χ1v) is 8.32. The molecule has 3 rings (SSSR count). The lowest BCUT2D eigenvalue weighted by Gasteiger charge is -2.12. The van der Waals surface area contributed by atoms with E-state index in [0.29, 0.717) is 22.0 Å². The molecule has 0 aliphatic carbocycles. The number of halogens is 1. The number of benzene rings is 3. The fourth-order valence-corrected chi connectivity index (χ4v) is 2.71. The Morgan fingerprint density at radius 2 is 1.77 bits per heavy atom. The number of para-hydroxylation sites is 1. The van der Waals surface area contributed by atoms with Crippen LogP contribution >= 0.6 is 11.6 Å². The van der Waals surface area contributed by atoms with E-state index in [9.17, 15) is 4.79 Å². The molecule has 0 fully saturated rings. The minimum Gasteiger partial charge on any atom is -0.482 e. The first-order chi connectivity index (χ1) is 12.7. The van der Waals surface area contributed by atoms with Crippen LogP contribution in [0.3, 0.4) is 0 Å². The molecule has 4 nitrogen and oxygen atoms in total. The summed E-state index contributed by atoms with van der Waals surface area (Å²) in [4.78, 5) is 12.3. The maximum absolute atomic E-state index is 12.3. The molecule has 0 radical (unpaired) electrons. The molecule has 128 valence electrons. The maximum atomic E-state index is 12.3. The highest BCUT2D eigenvalue weighted by Crippen LogP contribution is 2.28. The molecule has 3 aromatic carbocycles. The van der Waals surface area contributed by atoms with Crippen LogP contribution in [0.2, 0.25) is 5.02 Å². The topological polar surface area (TPSA) is 62.1 Å². The summed E-state index contributed by atoms with van der Waals surface area (Å²) in [6.07, 6.45) is 0. The Hall–Kier alpha value is -3.29. The fraction of sp³-hybridized carbons (Fsp3) is 0.0476. The molecule has 26 heavy (non-hydrogen) atoms. The van der Waals surface area contributed by atoms with E-state index in [1.165, 1.54) is 6.07 Å². The van der Waals surface area contributed by atoms with Crippen molar-refractivity contribution in [1.82, 2.24) is 0 Å². The van der Waals surface area contributed by atoms with Gasteiger partial charge in [0, 0.05) is 11.3 Å². The first-order valence-electron chi connectivity index (χ1n) is 7.94. The second kappa shape index (κ2) is 8.19. The number of nitriles is 1. The van der Waals surface area contributed by atoms with Crippen molar-refractivity contribution in [2.24, 2.45) is 0 Å². The number of carbonyl (C=O) groups is 1. The normalized spacial score (nSPS) is 10.0. The van der Waals surface area contributed by atoms with Crippen LogP contribution in [0.25, 0.3) is 11.1 Å². The number of hydrogen-bond acceptors (Lipinski definition) is 3. The van der Waals surface area contributed by atoms with Crippen LogP contribution in [-0.4, -0.2) is 12.5 Å². The van der Waals surface area contributed by atoms with Crippen molar-refractivity contribution in [3.63, 3.8) is 0 Å². The van der Waals surface area contributed by atoms with Gasteiger partial charge in [-0.1, -0.05) is 60.1 Å². The van der Waals surface area contributed by atoms with E-state index in [2.05, 4.69) is 5.32 Å². The number of anilines is 1. The highest BCUT2D eigenvalue weighted by atomic mass is 35.5. The second-order valence-electron chi connectivity index (χ2n) is 5.51. The molecule has 0 aromatic heterocycles. The van der Waals surface area contributed by atoms with Crippen molar-refractivity contribution in [3.8, 4) is 22.9 Å². The predicted octanol–water partition coefficient (Wildman–Crippen LogP) is 4.90. The van der Waals surface area contributed by atoms with Gasteiger partial charge in [0.1, 0.15) is 5.75 Å². The van der Waals surface area contributed by atoms with Crippen LogP contribution in [0.4, 0.5) is 5.69 Å². The van der Waals surface area contributed by atoms with Gasteiger partial charge in [-0.25, -0.2) is 0 Å². The number of nitrogens with zero attached hydrogens (tertiary/aromatic N) is 1. The number of rotatable bonds is 5. The SMILES string of the molecule is N#Cc1ccc(OCC(=O)Nc2ccccc2-c2ccccc2)c(Cl)c1. The Kier molecular flexibility index (Phi) is 5.52. The zero-order valence-corrected chi connectivity index (χ0v) is 14.5. The molecule has 0 saturated heterocycles. The van der Waals surface area contributed by atoms with Gasteiger partial charge >= 0.3 is 0 Å². The van der Waals surface area contributed by atoms with Crippen molar-refractivity contribution < 1.29 is 9.53 Å². The lowest BCUT2D eigenvalue weighted by molar-refractivity contribution is -0.118. The van der Waals surface area contributed by atoms with Crippen LogP contribution in [0, 0.1) is 11.3 Å². The first kappa shape index (κ1) is 17.5. The van der Waals surface area contributed by atoms with Gasteiger partial charge < -0.3 is 10.1 Å². The third-order valence-corrected chi connectivity index (χ3v) is 4.00. The van der Waals surface area contributed by atoms with E-state index in [1.54, 1.807) is 12.1 Å². The molecule has 1 amide bonds. The summed E-state index contributed by atoms with van der Waals surface area (Å²) in [5.41, 5.74) is 3.08. The van der Waals surface area contributed by atoms with E-state index >= 15 is 0 Å². The van der Waals surface area contributed by atoms with Crippen molar-refractivity contribution in [3.05, 3.63) is 83.4 Å². The Balaban J connectivity index is 1.69. The molecular formula is C21H15ClN2O2. The van der Waals surface area contributed by atoms with E-state index in [1.807, 2.05) is 60.7 Å². The molecule has 0 saturated carbocycles. The van der Waals surface area contributed by atoms with Crippen molar-refractivity contribution >= 4 is 23.2 Å². The molecule has 0 spiro atoms. The molecule has 3 aromatic rings.